The number of pyridine rings is 1. The van der Waals surface area contributed by atoms with E-state index in [2.05, 4.69) is 4.98 Å². The van der Waals surface area contributed by atoms with Gasteiger partial charge in [-0.2, -0.15) is 0 Å². The molecule has 5 rings (SSSR count). The number of aryl methyl sites for hydroxylation is 2. The summed E-state index contributed by atoms with van der Waals surface area (Å²) in [6, 6.07) is 11.0. The summed E-state index contributed by atoms with van der Waals surface area (Å²) in [5.74, 6) is 2.38. The van der Waals surface area contributed by atoms with Crippen LogP contribution in [0.2, 0.25) is 0 Å². The van der Waals surface area contributed by atoms with Crippen LogP contribution in [0, 0.1) is 31.0 Å². The number of nitrogens with zero attached hydrogens (tertiary/aromatic N) is 1. The van der Waals surface area contributed by atoms with Gasteiger partial charge in [-0.1, -0.05) is 13.0 Å². The number of hydrogen-bond acceptors (Lipinski definition) is 5. The third kappa shape index (κ3) is 4.78. The number of aliphatic hydroxyl groups is 2. The summed E-state index contributed by atoms with van der Waals surface area (Å²) >= 11 is 0. The molecule has 2 aliphatic rings. The monoisotopic (exact) mass is 477 g/mol. The van der Waals surface area contributed by atoms with Gasteiger partial charge in [-0.15, -0.1) is 0 Å². The molecule has 2 aromatic carbocycles. The number of hydrogen-bond donors (Lipinski definition) is 2. The lowest BCUT2D eigenvalue weighted by Crippen LogP contribution is -2.33. The maximum Gasteiger partial charge on any atom is 0.213 e. The van der Waals surface area contributed by atoms with Crippen molar-refractivity contribution < 1.29 is 24.1 Å². The second kappa shape index (κ2) is 9.25. The van der Waals surface area contributed by atoms with Crippen LogP contribution in [0.3, 0.4) is 0 Å². The maximum absolute atomic E-state index is 14.6. The Labute approximate surface area is 205 Å². The Bertz CT molecular complexity index is 1230. The Balaban J connectivity index is 1.32. The van der Waals surface area contributed by atoms with Crippen molar-refractivity contribution in [2.24, 2.45) is 11.3 Å². The Morgan fingerprint density at radius 3 is 2.51 bits per heavy atom. The molecule has 3 aromatic rings. The molecule has 2 N–H and O–H groups in total. The molecule has 2 atom stereocenters. The molecule has 1 aromatic heterocycles. The molecule has 6 heteroatoms. The maximum atomic E-state index is 14.6. The van der Waals surface area contributed by atoms with Crippen LogP contribution in [0.1, 0.15) is 47.1 Å². The second-order valence-electron chi connectivity index (χ2n) is 10.5. The average molecular weight is 478 g/mol. The number of ether oxygens (including phenoxy) is 2. The van der Waals surface area contributed by atoms with Crippen LogP contribution in [-0.2, 0) is 13.0 Å². The number of aliphatic hydroxyl groups excluding tert-OH is 2. The van der Waals surface area contributed by atoms with Crippen molar-refractivity contribution in [2.45, 2.75) is 46.1 Å². The Kier molecular flexibility index (Phi) is 6.28. The zero-order chi connectivity index (χ0) is 24.7. The van der Waals surface area contributed by atoms with E-state index in [1.807, 2.05) is 44.3 Å². The standard InChI is InChI=1S/C29H32FNO4/c1-17-6-23(35-16-29(3,14-32)15-33)7-18(2)28(17)19-4-5-26(30)22(8-19)13-34-27-11-21-9-20-10-24(20)25(21)12-31-27/h4-8,11-12,20,24,32-33H,9-10,13-16H2,1-3H3. The first kappa shape index (κ1) is 23.8. The molecule has 1 heterocycles. The number of benzene rings is 2. The molecule has 2 unspecified atom stereocenters. The van der Waals surface area contributed by atoms with E-state index in [-0.39, 0.29) is 32.2 Å². The van der Waals surface area contributed by atoms with Crippen LogP contribution in [0.4, 0.5) is 4.39 Å². The Morgan fingerprint density at radius 2 is 1.80 bits per heavy atom. The van der Waals surface area contributed by atoms with E-state index < -0.39 is 5.41 Å². The van der Waals surface area contributed by atoms with Gasteiger partial charge in [0.05, 0.1) is 19.8 Å². The van der Waals surface area contributed by atoms with E-state index >= 15 is 0 Å². The molecule has 1 fully saturated rings. The minimum atomic E-state index is -0.708. The molecule has 184 valence electrons. The highest BCUT2D eigenvalue weighted by atomic mass is 19.1. The number of aromatic nitrogens is 1. The lowest BCUT2D eigenvalue weighted by Gasteiger charge is -2.25. The van der Waals surface area contributed by atoms with Crippen molar-refractivity contribution in [1.29, 1.82) is 0 Å². The molecule has 0 spiro atoms. The highest BCUT2D eigenvalue weighted by Crippen LogP contribution is 2.56. The number of fused-ring (bicyclic) bond motifs is 3. The highest BCUT2D eigenvalue weighted by Gasteiger charge is 2.45. The van der Waals surface area contributed by atoms with Crippen LogP contribution < -0.4 is 9.47 Å². The normalized spacial score (nSPS) is 18.2. The van der Waals surface area contributed by atoms with Crippen LogP contribution in [0.5, 0.6) is 11.6 Å². The second-order valence-corrected chi connectivity index (χ2v) is 10.5. The van der Waals surface area contributed by atoms with Crippen molar-refractivity contribution in [3.8, 4) is 22.8 Å². The fourth-order valence-corrected chi connectivity index (χ4v) is 5.07. The van der Waals surface area contributed by atoms with Crippen LogP contribution >= 0.6 is 0 Å². The van der Waals surface area contributed by atoms with Crippen LogP contribution in [0.15, 0.2) is 42.6 Å². The van der Waals surface area contributed by atoms with E-state index in [1.165, 1.54) is 23.6 Å². The van der Waals surface area contributed by atoms with Crippen molar-refractivity contribution in [3.63, 3.8) is 0 Å². The zero-order valence-electron chi connectivity index (χ0n) is 20.5. The van der Waals surface area contributed by atoms with E-state index in [1.54, 1.807) is 13.0 Å². The third-order valence-electron chi connectivity index (χ3n) is 7.37. The lowest BCUT2D eigenvalue weighted by atomic mass is 9.93. The summed E-state index contributed by atoms with van der Waals surface area (Å²) in [4.78, 5) is 4.45. The van der Waals surface area contributed by atoms with Gasteiger partial charge in [0.25, 0.3) is 0 Å². The first-order chi connectivity index (χ1) is 16.8. The van der Waals surface area contributed by atoms with Crippen LogP contribution in [0.25, 0.3) is 11.1 Å². The fourth-order valence-electron chi connectivity index (χ4n) is 5.07. The average Bonchev–Trinajstić information content (AvgIpc) is 3.52. The van der Waals surface area contributed by atoms with Gasteiger partial charge in [0.1, 0.15) is 18.2 Å². The summed E-state index contributed by atoms with van der Waals surface area (Å²) in [6.07, 6.45) is 4.30. The van der Waals surface area contributed by atoms with Crippen LogP contribution in [-0.4, -0.2) is 35.0 Å². The van der Waals surface area contributed by atoms with Gasteiger partial charge in [0.2, 0.25) is 5.88 Å². The molecule has 35 heavy (non-hydrogen) atoms. The minimum absolute atomic E-state index is 0.110. The largest absolute Gasteiger partial charge is 0.493 e. The summed E-state index contributed by atoms with van der Waals surface area (Å²) < 4.78 is 26.4. The van der Waals surface area contributed by atoms with Crippen molar-refractivity contribution in [1.82, 2.24) is 4.98 Å². The summed E-state index contributed by atoms with van der Waals surface area (Å²) in [5.41, 5.74) is 6.35. The van der Waals surface area contributed by atoms with E-state index in [4.69, 9.17) is 9.47 Å². The molecule has 0 saturated heterocycles. The molecule has 0 radical (unpaired) electrons. The van der Waals surface area contributed by atoms with Gasteiger partial charge in [-0.25, -0.2) is 9.37 Å². The van der Waals surface area contributed by atoms with E-state index in [0.29, 0.717) is 23.1 Å². The van der Waals surface area contributed by atoms with E-state index in [9.17, 15) is 14.6 Å². The molecular weight excluding hydrogens is 445 g/mol. The smallest absolute Gasteiger partial charge is 0.213 e. The van der Waals surface area contributed by atoms with Gasteiger partial charge >= 0.3 is 0 Å². The Hall–Kier alpha value is -2.96. The van der Waals surface area contributed by atoms with Crippen molar-refractivity contribution in [2.75, 3.05) is 19.8 Å². The van der Waals surface area contributed by atoms with Gasteiger partial charge < -0.3 is 19.7 Å². The van der Waals surface area contributed by atoms with Gasteiger partial charge in [-0.05, 0) is 96.2 Å². The first-order valence-corrected chi connectivity index (χ1v) is 12.2. The zero-order valence-corrected chi connectivity index (χ0v) is 20.5. The summed E-state index contributed by atoms with van der Waals surface area (Å²) in [5, 5.41) is 19.0. The lowest BCUT2D eigenvalue weighted by molar-refractivity contribution is 0.0287. The minimum Gasteiger partial charge on any atom is -0.493 e. The predicted molar refractivity (Wildman–Crippen MR) is 132 cm³/mol. The van der Waals surface area contributed by atoms with Gasteiger partial charge in [-0.3, -0.25) is 0 Å². The van der Waals surface area contributed by atoms with Gasteiger partial charge in [0.15, 0.2) is 0 Å². The van der Waals surface area contributed by atoms with Crippen molar-refractivity contribution in [3.05, 3.63) is 76.2 Å². The molecular formula is C29H32FNO4. The highest BCUT2D eigenvalue weighted by molar-refractivity contribution is 5.72. The van der Waals surface area contributed by atoms with Crippen molar-refractivity contribution >= 4 is 0 Å². The number of halogens is 1. The summed E-state index contributed by atoms with van der Waals surface area (Å²) in [6.45, 7) is 5.73. The first-order valence-electron chi connectivity index (χ1n) is 12.2. The molecule has 0 aliphatic heterocycles. The quantitative estimate of drug-likeness (QED) is 0.448. The number of rotatable bonds is 9. The molecule has 0 bridgehead atoms. The Morgan fingerprint density at radius 1 is 1.06 bits per heavy atom. The topological polar surface area (TPSA) is 71.8 Å². The molecule has 2 aliphatic carbocycles. The fraction of sp³-hybridized carbons (Fsp3) is 0.414. The van der Waals surface area contributed by atoms with Gasteiger partial charge in [0, 0.05) is 23.2 Å². The molecule has 0 amide bonds. The summed E-state index contributed by atoms with van der Waals surface area (Å²) in [7, 11) is 0. The third-order valence-corrected chi connectivity index (χ3v) is 7.37. The van der Waals surface area contributed by atoms with E-state index in [0.717, 1.165) is 34.6 Å². The predicted octanol–water partition coefficient (Wildman–Crippen LogP) is 5.11. The SMILES string of the molecule is Cc1cc(OCC(C)(CO)CO)cc(C)c1-c1ccc(F)c(COc2cc3c(cn2)C2CC2C3)c1. The molecule has 5 nitrogen and oxygen atoms in total. The molecule has 1 saturated carbocycles.